The van der Waals surface area contributed by atoms with Crippen LogP contribution in [0.2, 0.25) is 0 Å². The summed E-state index contributed by atoms with van der Waals surface area (Å²) in [5.41, 5.74) is 1.79. The molecule has 0 aliphatic carbocycles. The van der Waals surface area contributed by atoms with E-state index >= 15 is 0 Å². The lowest BCUT2D eigenvalue weighted by molar-refractivity contribution is -0.225. The van der Waals surface area contributed by atoms with Crippen molar-refractivity contribution < 1.29 is 53.6 Å². The van der Waals surface area contributed by atoms with E-state index in [1.54, 1.807) is 26.4 Å². The second-order valence-electron chi connectivity index (χ2n) is 8.38. The Morgan fingerprint density at radius 1 is 0.919 bits per heavy atom. The molecule has 12 heteroatoms. The summed E-state index contributed by atoms with van der Waals surface area (Å²) >= 11 is 0. The fourth-order valence-electron chi connectivity index (χ4n) is 4.02. The molecule has 4 atom stereocenters. The molecule has 1 aliphatic rings. The number of carbonyl (C=O) groups is 1. The largest absolute Gasteiger partial charge is 0.493 e. The van der Waals surface area contributed by atoms with Gasteiger partial charge in [-0.25, -0.2) is 4.79 Å². The van der Waals surface area contributed by atoms with Crippen LogP contribution in [0.5, 0.6) is 28.7 Å². The van der Waals surface area contributed by atoms with Gasteiger partial charge in [0, 0.05) is 0 Å². The lowest BCUT2D eigenvalue weighted by Gasteiger charge is -2.26. The van der Waals surface area contributed by atoms with Gasteiger partial charge in [0.1, 0.15) is 18.3 Å². The Kier molecular flexibility index (Phi) is 9.40. The predicted molar refractivity (Wildman–Crippen MR) is 129 cm³/mol. The van der Waals surface area contributed by atoms with Crippen LogP contribution in [0.15, 0.2) is 30.3 Å². The number of carbonyl (C=O) groups excluding carboxylic acids is 1. The van der Waals surface area contributed by atoms with Crippen molar-refractivity contribution in [2.45, 2.75) is 36.9 Å². The summed E-state index contributed by atoms with van der Waals surface area (Å²) < 4.78 is 31.9. The van der Waals surface area contributed by atoms with Gasteiger partial charge in [-0.15, -0.1) is 0 Å². The number of aliphatic hydroxyl groups excluding tert-OH is 3. The lowest BCUT2D eigenvalue weighted by Crippen LogP contribution is -2.52. The average Bonchev–Trinajstić information content (AvgIpc) is 3.13. The highest BCUT2D eigenvalue weighted by Crippen LogP contribution is 2.38. The van der Waals surface area contributed by atoms with E-state index in [-0.39, 0.29) is 5.75 Å². The monoisotopic (exact) mass is 523 g/mol. The van der Waals surface area contributed by atoms with Crippen LogP contribution < -0.4 is 29.0 Å². The molecule has 0 aromatic heterocycles. The van der Waals surface area contributed by atoms with Gasteiger partial charge >= 0.3 is 6.09 Å². The van der Waals surface area contributed by atoms with Crippen molar-refractivity contribution in [3.63, 3.8) is 0 Å². The molecule has 37 heavy (non-hydrogen) atoms. The minimum Gasteiger partial charge on any atom is -0.493 e. The molecule has 0 unspecified atom stereocenters. The van der Waals surface area contributed by atoms with E-state index in [4.69, 9.17) is 28.4 Å². The second-order valence-corrected chi connectivity index (χ2v) is 8.38. The molecule has 2 aromatic carbocycles. The summed E-state index contributed by atoms with van der Waals surface area (Å²) in [5.74, 6) is -0.264. The van der Waals surface area contributed by atoms with Crippen LogP contribution in [0.3, 0.4) is 0 Å². The molecule has 0 bridgehead atoms. The smallest absolute Gasteiger partial charge is 0.412 e. The second kappa shape index (κ2) is 12.3. The van der Waals surface area contributed by atoms with Crippen LogP contribution in [-0.2, 0) is 17.6 Å². The molecule has 1 fully saturated rings. The summed E-state index contributed by atoms with van der Waals surface area (Å²) in [5, 5.41) is 41.7. The maximum Gasteiger partial charge on any atom is 0.412 e. The van der Waals surface area contributed by atoms with Gasteiger partial charge in [0.2, 0.25) is 11.5 Å². The number of amides is 1. The molecule has 204 valence electrons. The molecule has 0 saturated carbocycles. The summed E-state index contributed by atoms with van der Waals surface area (Å²) in [6.45, 7) is -1.21. The number of methoxy groups -OCH3 is 4. The first-order valence-corrected chi connectivity index (χ1v) is 11.5. The molecule has 1 aliphatic heterocycles. The van der Waals surface area contributed by atoms with Crippen molar-refractivity contribution in [2.24, 2.45) is 0 Å². The van der Waals surface area contributed by atoms with Gasteiger partial charge in [-0.1, -0.05) is 6.07 Å². The number of hydrogen-bond donors (Lipinski definition) is 5. The highest BCUT2D eigenvalue weighted by Gasteiger charge is 2.53. The maximum atomic E-state index is 12.4. The Bertz CT molecular complexity index is 1050. The van der Waals surface area contributed by atoms with Crippen LogP contribution in [0.1, 0.15) is 11.1 Å². The number of benzene rings is 2. The Morgan fingerprint density at radius 2 is 1.51 bits per heavy atom. The summed E-state index contributed by atoms with van der Waals surface area (Å²) in [6, 6.07) is 8.87. The topological polar surface area (TPSA) is 165 Å². The normalized spacial score (nSPS) is 22.9. The molecule has 5 N–H and O–H groups in total. The Balaban J connectivity index is 1.67. The van der Waals surface area contributed by atoms with Gasteiger partial charge in [0.25, 0.3) is 0 Å². The van der Waals surface area contributed by atoms with Gasteiger partial charge in [-0.3, -0.25) is 0 Å². The Hall–Kier alpha value is -3.29. The van der Waals surface area contributed by atoms with E-state index in [2.05, 4.69) is 5.32 Å². The first-order chi connectivity index (χ1) is 17.7. The van der Waals surface area contributed by atoms with Crippen molar-refractivity contribution >= 4 is 6.09 Å². The van der Waals surface area contributed by atoms with Crippen LogP contribution >= 0.6 is 0 Å². The van der Waals surface area contributed by atoms with E-state index < -0.39 is 43.3 Å². The van der Waals surface area contributed by atoms with Gasteiger partial charge in [0.15, 0.2) is 23.0 Å². The first kappa shape index (κ1) is 28.3. The number of aliphatic hydroxyl groups is 4. The fraction of sp³-hybridized carbons (Fsp3) is 0.480. The van der Waals surface area contributed by atoms with Crippen molar-refractivity contribution in [2.75, 3.05) is 41.6 Å². The number of aryl methyl sites for hydroxylation is 2. The van der Waals surface area contributed by atoms with Crippen molar-refractivity contribution in [1.29, 1.82) is 0 Å². The third-order valence-electron chi connectivity index (χ3n) is 6.05. The van der Waals surface area contributed by atoms with E-state index in [0.717, 1.165) is 11.1 Å². The number of ether oxygens (including phenoxy) is 6. The van der Waals surface area contributed by atoms with Crippen LogP contribution in [0, 0.1) is 0 Å². The van der Waals surface area contributed by atoms with E-state index in [9.17, 15) is 25.2 Å². The summed E-state index contributed by atoms with van der Waals surface area (Å²) in [6.07, 6.45) is -4.20. The van der Waals surface area contributed by atoms with Crippen molar-refractivity contribution in [3.8, 4) is 28.7 Å². The molecular weight excluding hydrogens is 490 g/mol. The lowest BCUT2D eigenvalue weighted by atomic mass is 10.0. The molecule has 0 spiro atoms. The highest BCUT2D eigenvalue weighted by atomic mass is 16.7. The van der Waals surface area contributed by atoms with Gasteiger partial charge in [-0.05, 0) is 48.2 Å². The Labute approximate surface area is 214 Å². The number of nitrogens with one attached hydrogen (secondary N) is 1. The number of rotatable bonds is 11. The third kappa shape index (κ3) is 6.35. The SMILES string of the molecule is COc1ccc(CCc2cc(OC)c(OC)c(OC)c2)cc1OC(=O)NC[C@]1(O)O[C@H](CO)[C@@H](O)[C@@H]1O. The quantitative estimate of drug-likeness (QED) is 0.277. The van der Waals surface area contributed by atoms with E-state index in [0.29, 0.717) is 35.8 Å². The molecule has 1 heterocycles. The molecule has 2 aromatic rings. The average molecular weight is 524 g/mol. The van der Waals surface area contributed by atoms with E-state index in [1.165, 1.54) is 14.2 Å². The van der Waals surface area contributed by atoms with Crippen molar-refractivity contribution in [3.05, 3.63) is 41.5 Å². The van der Waals surface area contributed by atoms with Crippen LogP contribution in [-0.4, -0.2) is 92.2 Å². The highest BCUT2D eigenvalue weighted by molar-refractivity contribution is 5.71. The maximum absolute atomic E-state index is 12.4. The Morgan fingerprint density at radius 3 is 2.05 bits per heavy atom. The first-order valence-electron chi connectivity index (χ1n) is 11.5. The summed E-state index contributed by atoms with van der Waals surface area (Å²) in [7, 11) is 6.06. The van der Waals surface area contributed by atoms with Gasteiger partial charge in [-0.2, -0.15) is 0 Å². The summed E-state index contributed by atoms with van der Waals surface area (Å²) in [4.78, 5) is 12.4. The van der Waals surface area contributed by atoms with Crippen LogP contribution in [0.4, 0.5) is 4.79 Å². The van der Waals surface area contributed by atoms with Crippen molar-refractivity contribution in [1.82, 2.24) is 5.32 Å². The minimum absolute atomic E-state index is 0.135. The third-order valence-corrected chi connectivity index (χ3v) is 6.05. The fourth-order valence-corrected chi connectivity index (χ4v) is 4.02. The van der Waals surface area contributed by atoms with Crippen LogP contribution in [0.25, 0.3) is 0 Å². The molecule has 0 radical (unpaired) electrons. The van der Waals surface area contributed by atoms with Gasteiger partial charge in [0.05, 0.1) is 41.6 Å². The molecule has 1 saturated heterocycles. The zero-order valence-electron chi connectivity index (χ0n) is 21.1. The standard InChI is InChI=1S/C25H33NO11/c1-32-16-8-7-14(5-6-15-10-18(33-2)22(35-4)19(11-15)34-3)9-17(16)36-24(30)26-13-25(31)23(29)21(28)20(12-27)37-25/h7-11,20-21,23,27-29,31H,5-6,12-13H2,1-4H3,(H,26,30)/t20-,21-,23+,25+/m1/s1. The zero-order chi connectivity index (χ0) is 27.2. The molecule has 1 amide bonds. The molecule has 12 nitrogen and oxygen atoms in total. The molecular formula is C25H33NO11. The van der Waals surface area contributed by atoms with Gasteiger partial charge < -0.3 is 54.2 Å². The zero-order valence-corrected chi connectivity index (χ0v) is 21.1. The van der Waals surface area contributed by atoms with E-state index in [1.807, 2.05) is 18.2 Å². The minimum atomic E-state index is -2.29. The predicted octanol–water partition coefficient (Wildman–Crippen LogP) is 0.396. The molecule has 3 rings (SSSR count). The number of hydrogen-bond acceptors (Lipinski definition) is 11.